The lowest BCUT2D eigenvalue weighted by molar-refractivity contribution is -0.147. The molecule has 0 saturated heterocycles. The van der Waals surface area contributed by atoms with E-state index in [2.05, 4.69) is 39.8 Å². The summed E-state index contributed by atoms with van der Waals surface area (Å²) in [4.78, 5) is 30.6. The number of amides is 2. The second kappa shape index (κ2) is 9.40. The number of fused-ring (bicyclic) bond motifs is 2. The number of nitrogens with zero attached hydrogens (tertiary/aromatic N) is 2. The van der Waals surface area contributed by atoms with Crippen molar-refractivity contribution in [2.24, 2.45) is 23.7 Å². The van der Waals surface area contributed by atoms with Crippen LogP contribution >= 0.6 is 0 Å². The fourth-order valence-corrected chi connectivity index (χ4v) is 4.66. The van der Waals surface area contributed by atoms with Crippen molar-refractivity contribution in [1.29, 1.82) is 0 Å². The molecule has 0 aromatic carbocycles. The zero-order chi connectivity index (χ0) is 18.4. The number of carbonyl (C=O) groups excluding carboxylic acids is 2. The third-order valence-electron chi connectivity index (χ3n) is 5.63. The molecular weight excluding hydrogens is 312 g/mol. The summed E-state index contributed by atoms with van der Waals surface area (Å²) >= 11 is 0. The van der Waals surface area contributed by atoms with Gasteiger partial charge in [-0.25, -0.2) is 0 Å². The highest BCUT2D eigenvalue weighted by atomic mass is 16.2. The van der Waals surface area contributed by atoms with Crippen LogP contribution in [0.1, 0.15) is 59.8 Å². The molecule has 2 aliphatic rings. The monoisotopic (exact) mass is 348 g/mol. The average Bonchev–Trinajstić information content (AvgIpc) is 3.21. The number of hydrogen-bond acceptors (Lipinski definition) is 2. The predicted octanol–water partition coefficient (Wildman–Crippen LogP) is 3.72. The fraction of sp³-hybridized carbons (Fsp3) is 0.810. The number of allylic oxidation sites excluding steroid dienone is 2. The molecular formula is C21H36N2O2. The maximum Gasteiger partial charge on any atom is 0.227 e. The first-order valence-electron chi connectivity index (χ1n) is 10.3. The predicted molar refractivity (Wildman–Crippen MR) is 102 cm³/mol. The molecule has 0 aromatic heterocycles. The minimum atomic E-state index is -0.142. The van der Waals surface area contributed by atoms with Gasteiger partial charge < -0.3 is 9.80 Å². The van der Waals surface area contributed by atoms with Crippen molar-refractivity contribution in [3.63, 3.8) is 0 Å². The summed E-state index contributed by atoms with van der Waals surface area (Å²) < 4.78 is 0. The Bertz CT molecular complexity index is 434. The first kappa shape index (κ1) is 20.0. The second-order valence-corrected chi connectivity index (χ2v) is 7.65. The van der Waals surface area contributed by atoms with Crippen LogP contribution in [0.4, 0.5) is 0 Å². The SMILES string of the molecule is CCCN(CCC)C(=O)[C@@H]1[C@@H](C(=O)N(CCC)CCC)[C@H]2C=C[C@H]1C2. The summed E-state index contributed by atoms with van der Waals surface area (Å²) in [5.41, 5.74) is 0. The van der Waals surface area contributed by atoms with Crippen LogP contribution in [0.2, 0.25) is 0 Å². The number of rotatable bonds is 10. The smallest absolute Gasteiger partial charge is 0.227 e. The van der Waals surface area contributed by atoms with E-state index in [1.54, 1.807) is 0 Å². The molecule has 2 bridgehead atoms. The van der Waals surface area contributed by atoms with E-state index in [-0.39, 0.29) is 35.5 Å². The summed E-state index contributed by atoms with van der Waals surface area (Å²) in [5, 5.41) is 0. The molecule has 25 heavy (non-hydrogen) atoms. The second-order valence-electron chi connectivity index (χ2n) is 7.65. The van der Waals surface area contributed by atoms with E-state index in [1.807, 2.05) is 9.80 Å². The van der Waals surface area contributed by atoms with Gasteiger partial charge in [-0.05, 0) is 43.9 Å². The van der Waals surface area contributed by atoms with Gasteiger partial charge in [0.05, 0.1) is 11.8 Å². The van der Waals surface area contributed by atoms with Crippen LogP contribution in [0.5, 0.6) is 0 Å². The maximum absolute atomic E-state index is 13.3. The minimum absolute atomic E-state index is 0.142. The molecule has 0 aliphatic heterocycles. The lowest BCUT2D eigenvalue weighted by Crippen LogP contribution is -2.47. The van der Waals surface area contributed by atoms with E-state index in [9.17, 15) is 9.59 Å². The molecule has 4 nitrogen and oxygen atoms in total. The van der Waals surface area contributed by atoms with Gasteiger partial charge >= 0.3 is 0 Å². The van der Waals surface area contributed by atoms with E-state index in [4.69, 9.17) is 0 Å². The Morgan fingerprint density at radius 1 is 0.720 bits per heavy atom. The van der Waals surface area contributed by atoms with E-state index in [0.29, 0.717) is 0 Å². The zero-order valence-corrected chi connectivity index (χ0v) is 16.5. The first-order chi connectivity index (χ1) is 12.1. The van der Waals surface area contributed by atoms with E-state index < -0.39 is 0 Å². The summed E-state index contributed by atoms with van der Waals surface area (Å²) in [5.74, 6) is 0.660. The van der Waals surface area contributed by atoms with Gasteiger partial charge in [0.2, 0.25) is 11.8 Å². The van der Waals surface area contributed by atoms with Crippen LogP contribution in [0.15, 0.2) is 12.2 Å². The van der Waals surface area contributed by atoms with Crippen molar-refractivity contribution in [2.75, 3.05) is 26.2 Å². The van der Waals surface area contributed by atoms with Gasteiger partial charge in [0.15, 0.2) is 0 Å². The normalized spacial score (nSPS) is 26.9. The molecule has 0 spiro atoms. The summed E-state index contributed by atoms with van der Waals surface area (Å²) in [6.07, 6.45) is 9.24. The van der Waals surface area contributed by atoms with Crippen LogP contribution in [0.3, 0.4) is 0 Å². The Morgan fingerprint density at radius 3 is 1.32 bits per heavy atom. The third-order valence-corrected chi connectivity index (χ3v) is 5.63. The Balaban J connectivity index is 2.21. The summed E-state index contributed by atoms with van der Waals surface area (Å²) in [6, 6.07) is 0. The van der Waals surface area contributed by atoms with E-state index >= 15 is 0 Å². The van der Waals surface area contributed by atoms with Crippen molar-refractivity contribution in [2.45, 2.75) is 59.8 Å². The standard InChI is InChI=1S/C21H36N2O2/c1-5-11-22(12-6-2)20(24)18-16-9-10-17(15-16)19(18)21(25)23(13-7-3)14-8-4/h9-10,16-19H,5-8,11-15H2,1-4H3/t16-,17-,18-,19-/m0/s1. The number of hydrogen-bond donors (Lipinski definition) is 0. The quantitative estimate of drug-likeness (QED) is 0.565. The highest BCUT2D eigenvalue weighted by Crippen LogP contribution is 2.49. The van der Waals surface area contributed by atoms with Gasteiger partial charge in [0.25, 0.3) is 0 Å². The molecule has 4 heteroatoms. The van der Waals surface area contributed by atoms with Gasteiger partial charge in [-0.1, -0.05) is 39.8 Å². The van der Waals surface area contributed by atoms with Crippen molar-refractivity contribution in [1.82, 2.24) is 9.80 Å². The fourth-order valence-electron chi connectivity index (χ4n) is 4.66. The largest absolute Gasteiger partial charge is 0.342 e. The molecule has 142 valence electrons. The molecule has 4 atom stereocenters. The van der Waals surface area contributed by atoms with Crippen LogP contribution in [-0.4, -0.2) is 47.8 Å². The Morgan fingerprint density at radius 2 is 1.04 bits per heavy atom. The van der Waals surface area contributed by atoms with Gasteiger partial charge in [0.1, 0.15) is 0 Å². The van der Waals surface area contributed by atoms with Gasteiger partial charge in [-0.2, -0.15) is 0 Å². The molecule has 0 N–H and O–H groups in total. The highest BCUT2D eigenvalue weighted by Gasteiger charge is 2.53. The van der Waals surface area contributed by atoms with Crippen LogP contribution in [0.25, 0.3) is 0 Å². The zero-order valence-electron chi connectivity index (χ0n) is 16.5. The van der Waals surface area contributed by atoms with Crippen molar-refractivity contribution < 1.29 is 9.59 Å². The van der Waals surface area contributed by atoms with Crippen LogP contribution in [0, 0.1) is 23.7 Å². The lowest BCUT2D eigenvalue weighted by Gasteiger charge is -2.34. The molecule has 2 amide bonds. The molecule has 0 unspecified atom stereocenters. The van der Waals surface area contributed by atoms with Crippen molar-refractivity contribution in [3.8, 4) is 0 Å². The molecule has 0 heterocycles. The highest BCUT2D eigenvalue weighted by molar-refractivity contribution is 5.90. The minimum Gasteiger partial charge on any atom is -0.342 e. The van der Waals surface area contributed by atoms with Gasteiger partial charge in [-0.15, -0.1) is 0 Å². The molecule has 1 saturated carbocycles. The average molecular weight is 349 g/mol. The van der Waals surface area contributed by atoms with E-state index in [1.165, 1.54) is 0 Å². The topological polar surface area (TPSA) is 40.6 Å². The lowest BCUT2D eigenvalue weighted by atomic mass is 9.80. The first-order valence-corrected chi connectivity index (χ1v) is 10.3. The third kappa shape index (κ3) is 4.27. The summed E-state index contributed by atoms with van der Waals surface area (Å²) in [7, 11) is 0. The van der Waals surface area contributed by atoms with Crippen LogP contribution in [-0.2, 0) is 9.59 Å². The van der Waals surface area contributed by atoms with Gasteiger partial charge in [0, 0.05) is 26.2 Å². The Kier molecular flexibility index (Phi) is 7.52. The van der Waals surface area contributed by atoms with Crippen molar-refractivity contribution in [3.05, 3.63) is 12.2 Å². The van der Waals surface area contributed by atoms with Crippen LogP contribution < -0.4 is 0 Å². The molecule has 0 aromatic rings. The molecule has 0 radical (unpaired) electrons. The Labute approximate surface area is 153 Å². The van der Waals surface area contributed by atoms with Crippen molar-refractivity contribution >= 4 is 11.8 Å². The maximum atomic E-state index is 13.3. The molecule has 1 fully saturated rings. The van der Waals surface area contributed by atoms with E-state index in [0.717, 1.165) is 58.3 Å². The number of carbonyl (C=O) groups is 2. The summed E-state index contributed by atoms with van der Waals surface area (Å²) in [6.45, 7) is 11.7. The molecule has 2 rings (SSSR count). The van der Waals surface area contributed by atoms with Gasteiger partial charge in [-0.3, -0.25) is 9.59 Å². The Hall–Kier alpha value is -1.32. The molecule has 2 aliphatic carbocycles.